The molecule has 1 amide bonds. The van der Waals surface area contributed by atoms with Gasteiger partial charge in [0.25, 0.3) is 11.5 Å². The van der Waals surface area contributed by atoms with Crippen molar-refractivity contribution < 1.29 is 9.90 Å². The molecule has 108 valence electrons. The first-order valence-corrected chi connectivity index (χ1v) is 7.28. The molecule has 0 aliphatic heterocycles. The predicted octanol–water partition coefficient (Wildman–Crippen LogP) is 1.14. The number of fused-ring (bicyclic) bond motifs is 1. The number of carbonyl (C=O) groups excluding carboxylic acids is 1. The number of hydrogen-bond acceptors (Lipinski definition) is 5. The Labute approximate surface area is 120 Å². The number of carbonyl (C=O) groups is 1. The van der Waals surface area contributed by atoms with Crippen molar-refractivity contribution in [2.24, 2.45) is 0 Å². The van der Waals surface area contributed by atoms with Crippen molar-refractivity contribution in [3.05, 3.63) is 27.1 Å². The molecular formula is C13H17N3O3S. The van der Waals surface area contributed by atoms with E-state index >= 15 is 0 Å². The largest absolute Gasteiger partial charge is 0.395 e. The van der Waals surface area contributed by atoms with Gasteiger partial charge in [0, 0.05) is 13.1 Å². The minimum absolute atomic E-state index is 0.0749. The molecule has 0 fully saturated rings. The van der Waals surface area contributed by atoms with Gasteiger partial charge in [0.1, 0.15) is 4.83 Å². The second kappa shape index (κ2) is 6.15. The molecular weight excluding hydrogens is 278 g/mol. The molecule has 2 aromatic heterocycles. The normalized spacial score (nSPS) is 10.9. The summed E-state index contributed by atoms with van der Waals surface area (Å²) in [7, 11) is 0. The SMILES string of the molecule is CCCN(CCO)C(=O)c1sc2nc[nH]c(=O)c2c1C. The average Bonchev–Trinajstić information content (AvgIpc) is 2.76. The van der Waals surface area contributed by atoms with Crippen LogP contribution in [0.3, 0.4) is 0 Å². The molecule has 0 aliphatic rings. The van der Waals surface area contributed by atoms with E-state index in [1.165, 1.54) is 17.7 Å². The minimum atomic E-state index is -0.230. The molecule has 2 rings (SSSR count). The maximum Gasteiger partial charge on any atom is 0.264 e. The van der Waals surface area contributed by atoms with Crippen LogP contribution in [0.25, 0.3) is 10.2 Å². The maximum absolute atomic E-state index is 12.5. The standard InChI is InChI=1S/C13H17N3O3S/c1-3-4-16(5-6-17)13(19)10-8(2)9-11(18)14-7-15-12(9)20-10/h7,17H,3-6H2,1-2H3,(H,14,15,18). The second-order valence-corrected chi connectivity index (χ2v) is 5.48. The third-order valence-corrected chi connectivity index (χ3v) is 4.27. The van der Waals surface area contributed by atoms with E-state index in [1.807, 2.05) is 6.92 Å². The lowest BCUT2D eigenvalue weighted by atomic mass is 10.2. The van der Waals surface area contributed by atoms with Gasteiger partial charge >= 0.3 is 0 Å². The average molecular weight is 295 g/mol. The van der Waals surface area contributed by atoms with Gasteiger partial charge in [-0.2, -0.15) is 0 Å². The number of aromatic amines is 1. The molecule has 6 nitrogen and oxygen atoms in total. The number of aliphatic hydroxyl groups excluding tert-OH is 1. The van der Waals surface area contributed by atoms with Crippen molar-refractivity contribution in [3.8, 4) is 0 Å². The van der Waals surface area contributed by atoms with Crippen LogP contribution >= 0.6 is 11.3 Å². The molecule has 0 spiro atoms. The number of aryl methyl sites for hydroxylation is 1. The summed E-state index contributed by atoms with van der Waals surface area (Å²) >= 11 is 1.22. The van der Waals surface area contributed by atoms with Gasteiger partial charge in [0.2, 0.25) is 0 Å². The highest BCUT2D eigenvalue weighted by Crippen LogP contribution is 2.27. The highest BCUT2D eigenvalue weighted by atomic mass is 32.1. The Morgan fingerprint density at radius 3 is 2.85 bits per heavy atom. The fraction of sp³-hybridized carbons (Fsp3) is 0.462. The lowest BCUT2D eigenvalue weighted by Gasteiger charge is -2.20. The molecule has 0 bridgehead atoms. The van der Waals surface area contributed by atoms with E-state index in [1.54, 1.807) is 11.8 Å². The monoisotopic (exact) mass is 295 g/mol. The van der Waals surface area contributed by atoms with Gasteiger partial charge in [-0.3, -0.25) is 9.59 Å². The Morgan fingerprint density at radius 2 is 2.25 bits per heavy atom. The molecule has 2 aromatic rings. The Hall–Kier alpha value is -1.73. The van der Waals surface area contributed by atoms with Crippen molar-refractivity contribution in [2.45, 2.75) is 20.3 Å². The number of aromatic nitrogens is 2. The van der Waals surface area contributed by atoms with Gasteiger partial charge in [-0.15, -0.1) is 11.3 Å². The summed E-state index contributed by atoms with van der Waals surface area (Å²) in [6.07, 6.45) is 2.15. The van der Waals surface area contributed by atoms with Gasteiger partial charge in [-0.1, -0.05) is 6.92 Å². The van der Waals surface area contributed by atoms with Crippen molar-refractivity contribution in [1.29, 1.82) is 0 Å². The first-order chi connectivity index (χ1) is 9.60. The van der Waals surface area contributed by atoms with E-state index in [4.69, 9.17) is 5.11 Å². The van der Waals surface area contributed by atoms with Crippen LogP contribution < -0.4 is 5.56 Å². The quantitative estimate of drug-likeness (QED) is 0.866. The first kappa shape index (κ1) is 14.7. The molecule has 0 saturated carbocycles. The van der Waals surface area contributed by atoms with Crippen LogP contribution in [0, 0.1) is 6.92 Å². The fourth-order valence-electron chi connectivity index (χ4n) is 2.13. The van der Waals surface area contributed by atoms with Crippen molar-refractivity contribution in [2.75, 3.05) is 19.7 Å². The third-order valence-electron chi connectivity index (χ3n) is 3.08. The van der Waals surface area contributed by atoms with Crippen LogP contribution in [-0.2, 0) is 0 Å². The zero-order valence-corrected chi connectivity index (χ0v) is 12.3. The molecule has 20 heavy (non-hydrogen) atoms. The third kappa shape index (κ3) is 2.59. The maximum atomic E-state index is 12.5. The van der Waals surface area contributed by atoms with Crippen LogP contribution in [0.5, 0.6) is 0 Å². The molecule has 7 heteroatoms. The number of nitrogens with zero attached hydrogens (tertiary/aromatic N) is 2. The number of H-pyrrole nitrogens is 1. The second-order valence-electron chi connectivity index (χ2n) is 4.48. The number of amides is 1. The highest BCUT2D eigenvalue weighted by molar-refractivity contribution is 7.20. The first-order valence-electron chi connectivity index (χ1n) is 6.47. The highest BCUT2D eigenvalue weighted by Gasteiger charge is 2.22. The molecule has 2 heterocycles. The van der Waals surface area contributed by atoms with Crippen LogP contribution in [0.15, 0.2) is 11.1 Å². The summed E-state index contributed by atoms with van der Waals surface area (Å²) < 4.78 is 0. The number of hydrogen-bond donors (Lipinski definition) is 2. The number of thiophene rings is 1. The lowest BCUT2D eigenvalue weighted by Crippen LogP contribution is -2.34. The smallest absolute Gasteiger partial charge is 0.264 e. The Morgan fingerprint density at radius 1 is 1.50 bits per heavy atom. The molecule has 0 atom stereocenters. The summed E-state index contributed by atoms with van der Waals surface area (Å²) in [4.78, 5) is 33.6. The van der Waals surface area contributed by atoms with Gasteiger partial charge in [0.05, 0.1) is 23.2 Å². The van der Waals surface area contributed by atoms with Crippen LogP contribution in [-0.4, -0.2) is 45.6 Å². The number of aliphatic hydroxyl groups is 1. The van der Waals surface area contributed by atoms with E-state index in [0.717, 1.165) is 6.42 Å². The van der Waals surface area contributed by atoms with E-state index in [0.29, 0.717) is 33.7 Å². The number of nitrogens with one attached hydrogen (secondary N) is 1. The molecule has 0 aromatic carbocycles. The topological polar surface area (TPSA) is 86.3 Å². The summed E-state index contributed by atoms with van der Waals surface area (Å²) in [5, 5.41) is 9.53. The molecule has 0 unspecified atom stereocenters. The van der Waals surface area contributed by atoms with Gasteiger partial charge in [0.15, 0.2) is 0 Å². The Bertz CT molecular complexity index is 671. The molecule has 0 saturated heterocycles. The number of rotatable bonds is 5. The van der Waals surface area contributed by atoms with Crippen LogP contribution in [0.4, 0.5) is 0 Å². The van der Waals surface area contributed by atoms with Gasteiger partial charge < -0.3 is 15.0 Å². The van der Waals surface area contributed by atoms with E-state index in [9.17, 15) is 9.59 Å². The molecule has 0 radical (unpaired) electrons. The van der Waals surface area contributed by atoms with Crippen LogP contribution in [0.1, 0.15) is 28.6 Å². The summed E-state index contributed by atoms with van der Waals surface area (Å²) in [6, 6.07) is 0. The predicted molar refractivity (Wildman–Crippen MR) is 78.3 cm³/mol. The zero-order chi connectivity index (χ0) is 14.7. The van der Waals surface area contributed by atoms with Crippen molar-refractivity contribution in [1.82, 2.24) is 14.9 Å². The van der Waals surface area contributed by atoms with Crippen LogP contribution in [0.2, 0.25) is 0 Å². The lowest BCUT2D eigenvalue weighted by molar-refractivity contribution is 0.0726. The molecule has 0 aliphatic carbocycles. The molecule has 2 N–H and O–H groups in total. The van der Waals surface area contributed by atoms with Crippen molar-refractivity contribution >= 4 is 27.5 Å². The van der Waals surface area contributed by atoms with E-state index in [2.05, 4.69) is 9.97 Å². The summed E-state index contributed by atoms with van der Waals surface area (Å²) in [5.74, 6) is -0.152. The summed E-state index contributed by atoms with van der Waals surface area (Å²) in [5.41, 5.74) is 0.426. The minimum Gasteiger partial charge on any atom is -0.395 e. The van der Waals surface area contributed by atoms with Gasteiger partial charge in [-0.25, -0.2) is 4.98 Å². The fourth-order valence-corrected chi connectivity index (χ4v) is 3.25. The van der Waals surface area contributed by atoms with E-state index in [-0.39, 0.29) is 18.1 Å². The zero-order valence-electron chi connectivity index (χ0n) is 11.5. The van der Waals surface area contributed by atoms with Gasteiger partial charge in [-0.05, 0) is 18.9 Å². The Kier molecular flexibility index (Phi) is 4.51. The van der Waals surface area contributed by atoms with E-state index < -0.39 is 0 Å². The summed E-state index contributed by atoms with van der Waals surface area (Å²) in [6.45, 7) is 4.53. The Balaban J connectivity index is 2.46. The van der Waals surface area contributed by atoms with Crippen molar-refractivity contribution in [3.63, 3.8) is 0 Å².